The van der Waals surface area contributed by atoms with Crippen molar-refractivity contribution in [2.75, 3.05) is 5.32 Å². The predicted molar refractivity (Wildman–Crippen MR) is 90.7 cm³/mol. The van der Waals surface area contributed by atoms with E-state index in [0.29, 0.717) is 21.3 Å². The Morgan fingerprint density at radius 1 is 1.09 bits per heavy atom. The molecular weight excluding hydrogens is 337 g/mol. The van der Waals surface area contributed by atoms with Crippen LogP contribution in [0.4, 0.5) is 5.69 Å². The molecule has 23 heavy (non-hydrogen) atoms. The Morgan fingerprint density at radius 2 is 1.78 bits per heavy atom. The van der Waals surface area contributed by atoms with Crippen LogP contribution in [0.3, 0.4) is 0 Å². The summed E-state index contributed by atoms with van der Waals surface area (Å²) >= 11 is 11.8. The molecule has 0 heterocycles. The van der Waals surface area contributed by atoms with Crippen molar-refractivity contribution in [1.82, 2.24) is 0 Å². The molecule has 6 heteroatoms. The molecule has 0 atom stereocenters. The molecule has 0 aromatic heterocycles. The maximum atomic E-state index is 11.9. The van der Waals surface area contributed by atoms with Crippen molar-refractivity contribution in [2.45, 2.75) is 20.0 Å². The zero-order valence-corrected chi connectivity index (χ0v) is 13.9. The van der Waals surface area contributed by atoms with Crippen LogP contribution in [0.25, 0.3) is 0 Å². The maximum Gasteiger partial charge on any atom is 0.310 e. The number of nitrogens with one attached hydrogen (secondary N) is 1. The molecule has 4 nitrogen and oxygen atoms in total. The van der Waals surface area contributed by atoms with Crippen LogP contribution in [0.5, 0.6) is 0 Å². The molecule has 2 rings (SSSR count). The first-order chi connectivity index (χ1) is 10.9. The first-order valence-corrected chi connectivity index (χ1v) is 7.66. The summed E-state index contributed by atoms with van der Waals surface area (Å²) in [6.45, 7) is 1.53. The van der Waals surface area contributed by atoms with Crippen molar-refractivity contribution in [3.8, 4) is 0 Å². The lowest BCUT2D eigenvalue weighted by molar-refractivity contribution is -0.144. The van der Waals surface area contributed by atoms with E-state index in [0.717, 1.165) is 5.56 Å². The molecule has 0 aliphatic heterocycles. The van der Waals surface area contributed by atoms with Crippen molar-refractivity contribution >= 4 is 40.8 Å². The first-order valence-electron chi connectivity index (χ1n) is 6.90. The number of benzene rings is 2. The van der Waals surface area contributed by atoms with Crippen LogP contribution in [0.1, 0.15) is 18.1 Å². The molecule has 0 fully saturated rings. The summed E-state index contributed by atoms with van der Waals surface area (Å²) in [7, 11) is 0. The van der Waals surface area contributed by atoms with Crippen LogP contribution >= 0.6 is 23.2 Å². The monoisotopic (exact) mass is 351 g/mol. The largest absolute Gasteiger partial charge is 0.461 e. The van der Waals surface area contributed by atoms with Crippen molar-refractivity contribution in [1.29, 1.82) is 0 Å². The molecule has 0 saturated carbocycles. The Morgan fingerprint density at radius 3 is 2.39 bits per heavy atom. The third-order valence-electron chi connectivity index (χ3n) is 3.03. The molecule has 1 N–H and O–H groups in total. The SMILES string of the molecule is CC(=O)Nc1ccc(CC(=O)OCc2ccc(Cl)cc2Cl)cc1. The topological polar surface area (TPSA) is 55.4 Å². The van der Waals surface area contributed by atoms with Gasteiger partial charge in [-0.25, -0.2) is 0 Å². The van der Waals surface area contributed by atoms with E-state index < -0.39 is 0 Å². The van der Waals surface area contributed by atoms with E-state index in [1.54, 1.807) is 42.5 Å². The van der Waals surface area contributed by atoms with Gasteiger partial charge in [-0.1, -0.05) is 41.4 Å². The van der Waals surface area contributed by atoms with Gasteiger partial charge >= 0.3 is 5.97 Å². The number of hydrogen-bond donors (Lipinski definition) is 1. The molecule has 0 bridgehead atoms. The van der Waals surface area contributed by atoms with Crippen molar-refractivity contribution in [2.24, 2.45) is 0 Å². The molecule has 0 unspecified atom stereocenters. The Bertz CT molecular complexity index is 714. The molecule has 2 aromatic rings. The van der Waals surface area contributed by atoms with Gasteiger partial charge in [0.25, 0.3) is 0 Å². The summed E-state index contributed by atoms with van der Waals surface area (Å²) in [4.78, 5) is 22.8. The summed E-state index contributed by atoms with van der Waals surface area (Å²) in [5.41, 5.74) is 2.18. The average Bonchev–Trinajstić information content (AvgIpc) is 2.48. The van der Waals surface area contributed by atoms with Crippen LogP contribution in [0.15, 0.2) is 42.5 Å². The number of ether oxygens (including phenoxy) is 1. The molecule has 2 aromatic carbocycles. The van der Waals surface area contributed by atoms with Gasteiger partial charge in [-0.05, 0) is 29.8 Å². The number of rotatable bonds is 5. The van der Waals surface area contributed by atoms with Gasteiger partial charge in [-0.15, -0.1) is 0 Å². The minimum atomic E-state index is -0.358. The smallest absolute Gasteiger partial charge is 0.310 e. The fraction of sp³-hybridized carbons (Fsp3) is 0.176. The zero-order chi connectivity index (χ0) is 16.8. The lowest BCUT2D eigenvalue weighted by atomic mass is 10.1. The lowest BCUT2D eigenvalue weighted by Gasteiger charge is -2.08. The number of amides is 1. The molecule has 1 amide bonds. The highest BCUT2D eigenvalue weighted by atomic mass is 35.5. The number of hydrogen-bond acceptors (Lipinski definition) is 3. The van der Waals surface area contributed by atoms with Gasteiger partial charge in [0.1, 0.15) is 6.61 Å². The Kier molecular flexibility index (Phi) is 6.02. The third kappa shape index (κ3) is 5.58. The molecule has 0 aliphatic rings. The summed E-state index contributed by atoms with van der Waals surface area (Å²) in [5, 5.41) is 3.66. The second-order valence-electron chi connectivity index (χ2n) is 4.95. The number of halogens is 2. The highest BCUT2D eigenvalue weighted by Gasteiger charge is 2.08. The van der Waals surface area contributed by atoms with E-state index in [9.17, 15) is 9.59 Å². The van der Waals surface area contributed by atoms with Gasteiger partial charge in [0.2, 0.25) is 5.91 Å². The zero-order valence-electron chi connectivity index (χ0n) is 12.4. The fourth-order valence-electron chi connectivity index (χ4n) is 1.92. The number of anilines is 1. The Labute approximate surface area is 144 Å². The van der Waals surface area contributed by atoms with Crippen LogP contribution in [0, 0.1) is 0 Å². The van der Waals surface area contributed by atoms with Gasteiger partial charge in [-0.3, -0.25) is 9.59 Å². The first kappa shape index (κ1) is 17.3. The van der Waals surface area contributed by atoms with E-state index in [2.05, 4.69) is 5.32 Å². The normalized spacial score (nSPS) is 10.2. The van der Waals surface area contributed by atoms with Crippen LogP contribution in [-0.2, 0) is 27.4 Å². The standard InChI is InChI=1S/C17H15Cl2NO3/c1-11(21)20-15-6-2-12(3-7-15)8-17(22)23-10-13-4-5-14(18)9-16(13)19/h2-7,9H,8,10H2,1H3,(H,20,21). The lowest BCUT2D eigenvalue weighted by Crippen LogP contribution is -2.09. The molecule has 120 valence electrons. The van der Waals surface area contributed by atoms with E-state index in [4.69, 9.17) is 27.9 Å². The maximum absolute atomic E-state index is 11.9. The molecular formula is C17H15Cl2NO3. The quantitative estimate of drug-likeness (QED) is 0.819. The summed E-state index contributed by atoms with van der Waals surface area (Å²) in [6, 6.07) is 12.0. The summed E-state index contributed by atoms with van der Waals surface area (Å²) < 4.78 is 5.21. The van der Waals surface area contributed by atoms with Crippen molar-refractivity contribution < 1.29 is 14.3 Å². The molecule has 0 spiro atoms. The van der Waals surface area contributed by atoms with Crippen LogP contribution in [-0.4, -0.2) is 11.9 Å². The minimum Gasteiger partial charge on any atom is -0.461 e. The average molecular weight is 352 g/mol. The highest BCUT2D eigenvalue weighted by Crippen LogP contribution is 2.21. The van der Waals surface area contributed by atoms with Gasteiger partial charge in [0.05, 0.1) is 6.42 Å². The second-order valence-corrected chi connectivity index (χ2v) is 5.79. The minimum absolute atomic E-state index is 0.0960. The van der Waals surface area contributed by atoms with Crippen LogP contribution < -0.4 is 5.32 Å². The van der Waals surface area contributed by atoms with Crippen molar-refractivity contribution in [3.63, 3.8) is 0 Å². The van der Waals surface area contributed by atoms with Gasteiger partial charge in [0.15, 0.2) is 0 Å². The summed E-state index contributed by atoms with van der Waals surface area (Å²) in [6.07, 6.45) is 0.144. The highest BCUT2D eigenvalue weighted by molar-refractivity contribution is 6.35. The second kappa shape index (κ2) is 7.99. The predicted octanol–water partition coefficient (Wildman–Crippen LogP) is 4.24. The third-order valence-corrected chi connectivity index (χ3v) is 3.61. The van der Waals surface area contributed by atoms with E-state index >= 15 is 0 Å². The summed E-state index contributed by atoms with van der Waals surface area (Å²) in [5.74, 6) is -0.500. The number of carbonyl (C=O) groups excluding carboxylic acids is 2. The van der Waals surface area contributed by atoms with Crippen LogP contribution in [0.2, 0.25) is 10.0 Å². The Hall–Kier alpha value is -2.04. The van der Waals surface area contributed by atoms with Crippen molar-refractivity contribution in [3.05, 3.63) is 63.6 Å². The van der Waals surface area contributed by atoms with Gasteiger partial charge in [-0.2, -0.15) is 0 Å². The molecule has 0 saturated heterocycles. The van der Waals surface area contributed by atoms with E-state index in [1.807, 2.05) is 0 Å². The van der Waals surface area contributed by atoms with E-state index in [-0.39, 0.29) is 24.9 Å². The number of esters is 1. The Balaban J connectivity index is 1.88. The fourth-order valence-corrected chi connectivity index (χ4v) is 2.39. The van der Waals surface area contributed by atoms with Gasteiger partial charge in [0, 0.05) is 28.2 Å². The molecule has 0 radical (unpaired) electrons. The number of carbonyl (C=O) groups is 2. The molecule has 0 aliphatic carbocycles. The van der Waals surface area contributed by atoms with Gasteiger partial charge < -0.3 is 10.1 Å². The van der Waals surface area contributed by atoms with E-state index in [1.165, 1.54) is 6.92 Å².